The summed E-state index contributed by atoms with van der Waals surface area (Å²) in [6.07, 6.45) is 4.47. The quantitative estimate of drug-likeness (QED) is 0.275. The number of benzene rings is 1. The lowest BCUT2D eigenvalue weighted by Crippen LogP contribution is -2.57. The topological polar surface area (TPSA) is 51.2 Å². The third kappa shape index (κ3) is 6.84. The first-order chi connectivity index (χ1) is 13.7. The van der Waals surface area contributed by atoms with Crippen LogP contribution in [0.25, 0.3) is 0 Å². The fourth-order valence-electron chi connectivity index (χ4n) is 4.15. The normalized spacial score (nSPS) is 19.0. The highest BCUT2D eigenvalue weighted by atomic mass is 127. The molecule has 7 heteroatoms. The molecule has 2 fully saturated rings. The number of aliphatic imine (C=N–C) groups is 1. The molecule has 2 aliphatic heterocycles. The van der Waals surface area contributed by atoms with Gasteiger partial charge in [0.2, 0.25) is 5.91 Å². The fourth-order valence-corrected chi connectivity index (χ4v) is 4.15. The van der Waals surface area contributed by atoms with Crippen LogP contribution in [0.3, 0.4) is 0 Å². The molecule has 2 saturated heterocycles. The zero-order valence-electron chi connectivity index (χ0n) is 17.8. The van der Waals surface area contributed by atoms with E-state index < -0.39 is 0 Å². The Morgan fingerprint density at radius 2 is 1.69 bits per heavy atom. The molecule has 2 heterocycles. The van der Waals surface area contributed by atoms with Crippen LogP contribution in [0.4, 0.5) is 0 Å². The van der Waals surface area contributed by atoms with E-state index in [1.165, 1.54) is 5.56 Å². The maximum atomic E-state index is 12.6. The highest BCUT2D eigenvalue weighted by Crippen LogP contribution is 2.14. The number of piperazine rings is 1. The second-order valence-electron chi connectivity index (χ2n) is 7.79. The van der Waals surface area contributed by atoms with E-state index in [2.05, 4.69) is 57.4 Å². The van der Waals surface area contributed by atoms with Crippen molar-refractivity contribution in [3.63, 3.8) is 0 Å². The molecule has 2 aliphatic rings. The van der Waals surface area contributed by atoms with Crippen molar-refractivity contribution in [2.45, 2.75) is 38.6 Å². The van der Waals surface area contributed by atoms with E-state index in [9.17, 15) is 4.79 Å². The first-order valence-electron chi connectivity index (χ1n) is 10.7. The van der Waals surface area contributed by atoms with E-state index in [-0.39, 0.29) is 30.0 Å². The molecule has 1 unspecified atom stereocenters. The highest BCUT2D eigenvalue weighted by molar-refractivity contribution is 14.0. The van der Waals surface area contributed by atoms with Crippen LogP contribution in [0.5, 0.6) is 0 Å². The number of carbonyl (C=O) groups excluding carboxylic acids is 1. The fraction of sp³-hybridized carbons (Fsp3) is 0.636. The van der Waals surface area contributed by atoms with Crippen molar-refractivity contribution < 1.29 is 4.79 Å². The van der Waals surface area contributed by atoms with Crippen LogP contribution in [0.2, 0.25) is 0 Å². The van der Waals surface area contributed by atoms with Crippen molar-refractivity contribution in [3.8, 4) is 0 Å². The molecule has 1 N–H and O–H groups in total. The largest absolute Gasteiger partial charge is 0.356 e. The van der Waals surface area contributed by atoms with Gasteiger partial charge in [-0.05, 0) is 38.2 Å². The summed E-state index contributed by atoms with van der Waals surface area (Å²) in [5.41, 5.74) is 1.38. The number of carbonyl (C=O) groups is 1. The number of rotatable bonds is 6. The summed E-state index contributed by atoms with van der Waals surface area (Å²) in [5, 5.41) is 3.50. The van der Waals surface area contributed by atoms with E-state index in [0.29, 0.717) is 5.91 Å². The number of nitrogens with zero attached hydrogens (tertiary/aromatic N) is 4. The van der Waals surface area contributed by atoms with Gasteiger partial charge in [0.05, 0.1) is 6.04 Å². The van der Waals surface area contributed by atoms with Crippen molar-refractivity contribution >= 4 is 35.8 Å². The number of amides is 1. The van der Waals surface area contributed by atoms with Gasteiger partial charge in [-0.1, -0.05) is 30.3 Å². The van der Waals surface area contributed by atoms with Crippen LogP contribution in [0.15, 0.2) is 35.3 Å². The van der Waals surface area contributed by atoms with Crippen LogP contribution < -0.4 is 5.32 Å². The molecule has 6 nitrogen and oxygen atoms in total. The second-order valence-corrected chi connectivity index (χ2v) is 7.79. The predicted molar refractivity (Wildman–Crippen MR) is 130 cm³/mol. The Morgan fingerprint density at radius 3 is 2.31 bits per heavy atom. The first kappa shape index (κ1) is 23.9. The van der Waals surface area contributed by atoms with Crippen molar-refractivity contribution in [2.75, 3.05) is 52.9 Å². The highest BCUT2D eigenvalue weighted by Gasteiger charge is 2.30. The maximum Gasteiger partial charge on any atom is 0.239 e. The van der Waals surface area contributed by atoms with Gasteiger partial charge in [-0.15, -0.1) is 24.0 Å². The van der Waals surface area contributed by atoms with Crippen molar-refractivity contribution in [1.82, 2.24) is 20.0 Å². The monoisotopic (exact) mass is 513 g/mol. The Kier molecular flexibility index (Phi) is 10.2. The van der Waals surface area contributed by atoms with Crippen LogP contribution in [-0.2, 0) is 11.2 Å². The lowest BCUT2D eigenvalue weighted by atomic mass is 10.1. The van der Waals surface area contributed by atoms with Gasteiger partial charge in [-0.3, -0.25) is 14.7 Å². The van der Waals surface area contributed by atoms with Crippen molar-refractivity contribution in [2.24, 2.45) is 4.99 Å². The van der Waals surface area contributed by atoms with Crippen molar-refractivity contribution in [3.05, 3.63) is 35.9 Å². The smallest absolute Gasteiger partial charge is 0.239 e. The molecule has 0 spiro atoms. The summed E-state index contributed by atoms with van der Waals surface area (Å²) in [6, 6.07) is 10.6. The Bertz CT molecular complexity index is 640. The Labute approximate surface area is 192 Å². The summed E-state index contributed by atoms with van der Waals surface area (Å²) in [4.78, 5) is 23.8. The minimum absolute atomic E-state index is 0. The van der Waals surface area contributed by atoms with Gasteiger partial charge in [0.25, 0.3) is 0 Å². The number of likely N-dealkylation sites (tertiary alicyclic amines) is 1. The van der Waals surface area contributed by atoms with Gasteiger partial charge in [-0.25, -0.2) is 0 Å². The van der Waals surface area contributed by atoms with Crippen LogP contribution in [-0.4, -0.2) is 85.5 Å². The number of hydrogen-bond donors (Lipinski definition) is 1. The molecular formula is C22H36IN5O. The van der Waals surface area contributed by atoms with Crippen LogP contribution in [0.1, 0.15) is 31.7 Å². The van der Waals surface area contributed by atoms with Gasteiger partial charge in [0.15, 0.2) is 5.96 Å². The third-order valence-electron chi connectivity index (χ3n) is 5.92. The summed E-state index contributed by atoms with van der Waals surface area (Å²) in [7, 11) is 1.85. The number of hydrogen-bond acceptors (Lipinski definition) is 3. The molecule has 29 heavy (non-hydrogen) atoms. The lowest BCUT2D eigenvalue weighted by molar-refractivity contribution is -0.135. The molecule has 0 aromatic heterocycles. The second kappa shape index (κ2) is 12.4. The van der Waals surface area contributed by atoms with Gasteiger partial charge >= 0.3 is 0 Å². The predicted octanol–water partition coefficient (Wildman–Crippen LogP) is 2.44. The Morgan fingerprint density at radius 1 is 1.03 bits per heavy atom. The van der Waals surface area contributed by atoms with E-state index in [1.807, 2.05) is 11.9 Å². The summed E-state index contributed by atoms with van der Waals surface area (Å²) < 4.78 is 0. The van der Waals surface area contributed by atoms with E-state index in [4.69, 9.17) is 0 Å². The Hall–Kier alpha value is -1.35. The summed E-state index contributed by atoms with van der Waals surface area (Å²) >= 11 is 0. The van der Waals surface area contributed by atoms with E-state index in [0.717, 1.165) is 77.5 Å². The number of guanidine groups is 1. The summed E-state index contributed by atoms with van der Waals surface area (Å²) in [6.45, 7) is 8.49. The lowest BCUT2D eigenvalue weighted by Gasteiger charge is -2.39. The van der Waals surface area contributed by atoms with Gasteiger partial charge in [-0.2, -0.15) is 0 Å². The van der Waals surface area contributed by atoms with E-state index >= 15 is 0 Å². The van der Waals surface area contributed by atoms with E-state index in [1.54, 1.807) is 0 Å². The number of halogens is 1. The molecular weight excluding hydrogens is 477 g/mol. The standard InChI is InChI=1S/C22H35N5O.HI/c1-19(21(28)26-13-6-7-14-26)25-15-17-27(18-16-25)22(23-2)24-12-8-11-20-9-4-3-5-10-20;/h3-5,9-10,19H,6-8,11-18H2,1-2H3,(H,23,24);1H. The minimum atomic E-state index is -0.0129. The SMILES string of the molecule is CN=C(NCCCc1ccccc1)N1CCN(C(C)C(=O)N2CCCC2)CC1.I. The molecule has 162 valence electrons. The van der Waals surface area contributed by atoms with Gasteiger partial charge in [0, 0.05) is 52.9 Å². The van der Waals surface area contributed by atoms with Gasteiger partial charge in [0.1, 0.15) is 0 Å². The molecule has 1 atom stereocenters. The van der Waals surface area contributed by atoms with Crippen LogP contribution >= 0.6 is 24.0 Å². The van der Waals surface area contributed by atoms with Gasteiger partial charge < -0.3 is 15.1 Å². The molecule has 3 rings (SSSR count). The molecule has 0 saturated carbocycles. The number of nitrogens with one attached hydrogen (secondary N) is 1. The third-order valence-corrected chi connectivity index (χ3v) is 5.92. The molecule has 0 aliphatic carbocycles. The Balaban J connectivity index is 0.00000300. The molecule has 1 amide bonds. The zero-order valence-corrected chi connectivity index (χ0v) is 20.2. The maximum absolute atomic E-state index is 12.6. The van der Waals surface area contributed by atoms with Crippen molar-refractivity contribution in [1.29, 1.82) is 0 Å². The average molecular weight is 513 g/mol. The zero-order chi connectivity index (χ0) is 19.8. The molecule has 1 aromatic rings. The average Bonchev–Trinajstić information content (AvgIpc) is 3.29. The molecule has 1 aromatic carbocycles. The minimum Gasteiger partial charge on any atom is -0.356 e. The molecule has 0 radical (unpaired) electrons. The van der Waals surface area contributed by atoms with Crippen LogP contribution in [0, 0.1) is 0 Å². The molecule has 0 bridgehead atoms. The number of aryl methyl sites for hydroxylation is 1. The summed E-state index contributed by atoms with van der Waals surface area (Å²) in [5.74, 6) is 1.28. The first-order valence-corrected chi connectivity index (χ1v) is 10.7.